The maximum atomic E-state index is 9.74. The maximum absolute atomic E-state index is 9.74. The third-order valence-corrected chi connectivity index (χ3v) is 5.25. The maximum Gasteiger partial charge on any atom is 0.178 e. The molecule has 0 aromatic carbocycles. The van der Waals surface area contributed by atoms with Crippen molar-refractivity contribution >= 4 is 17.3 Å². The van der Waals surface area contributed by atoms with E-state index in [1.165, 1.54) is 0 Å². The summed E-state index contributed by atoms with van der Waals surface area (Å²) in [5.41, 5.74) is 3.36. The van der Waals surface area contributed by atoms with E-state index in [0.29, 0.717) is 11.4 Å². The highest BCUT2D eigenvalue weighted by molar-refractivity contribution is 5.59. The van der Waals surface area contributed by atoms with E-state index >= 15 is 0 Å². The average molecular weight is 377 g/mol. The number of anilines is 2. The molecule has 0 N–H and O–H groups in total. The fourth-order valence-corrected chi connectivity index (χ4v) is 3.70. The van der Waals surface area contributed by atoms with Gasteiger partial charge in [0, 0.05) is 26.2 Å². The molecule has 0 spiro atoms. The first-order valence-corrected chi connectivity index (χ1v) is 9.63. The zero-order chi connectivity index (χ0) is 19.7. The Hall–Kier alpha value is -3.28. The van der Waals surface area contributed by atoms with Crippen molar-refractivity contribution in [3.8, 4) is 6.07 Å². The number of hydrogen-bond donors (Lipinski definition) is 0. The van der Waals surface area contributed by atoms with Crippen LogP contribution in [0.3, 0.4) is 0 Å². The molecule has 0 saturated carbocycles. The van der Waals surface area contributed by atoms with E-state index in [9.17, 15) is 5.26 Å². The minimum Gasteiger partial charge on any atom is -0.352 e. The van der Waals surface area contributed by atoms with E-state index in [1.807, 2.05) is 26.0 Å². The van der Waals surface area contributed by atoms with Crippen molar-refractivity contribution in [2.45, 2.75) is 33.6 Å². The lowest BCUT2D eigenvalue weighted by Crippen LogP contribution is -2.47. The van der Waals surface area contributed by atoms with Crippen LogP contribution >= 0.6 is 0 Å². The van der Waals surface area contributed by atoms with Crippen LogP contribution in [0.25, 0.3) is 5.65 Å². The van der Waals surface area contributed by atoms with Gasteiger partial charge in [0.15, 0.2) is 17.3 Å². The lowest BCUT2D eigenvalue weighted by Gasteiger charge is -2.36. The van der Waals surface area contributed by atoms with Gasteiger partial charge < -0.3 is 9.80 Å². The number of aryl methyl sites for hydroxylation is 2. The van der Waals surface area contributed by atoms with Gasteiger partial charge in [-0.1, -0.05) is 13.8 Å². The summed E-state index contributed by atoms with van der Waals surface area (Å²) in [5.74, 6) is 2.37. The van der Waals surface area contributed by atoms with Crippen LogP contribution in [0.2, 0.25) is 0 Å². The monoisotopic (exact) mass is 377 g/mol. The Bertz CT molecular complexity index is 1040. The summed E-state index contributed by atoms with van der Waals surface area (Å²) in [4.78, 5) is 4.39. The highest BCUT2D eigenvalue weighted by atomic mass is 15.4. The van der Waals surface area contributed by atoms with Gasteiger partial charge in [0.05, 0.1) is 5.69 Å². The fourth-order valence-electron chi connectivity index (χ4n) is 3.70. The summed E-state index contributed by atoms with van der Waals surface area (Å²) in [6.07, 6.45) is 1.58. The van der Waals surface area contributed by atoms with Gasteiger partial charge in [0.25, 0.3) is 0 Å². The number of rotatable bonds is 4. The van der Waals surface area contributed by atoms with Gasteiger partial charge in [-0.05, 0) is 37.5 Å². The predicted octanol–water partition coefficient (Wildman–Crippen LogP) is 1.55. The predicted molar refractivity (Wildman–Crippen MR) is 105 cm³/mol. The van der Waals surface area contributed by atoms with Crippen LogP contribution in [-0.2, 0) is 12.8 Å². The molecule has 3 aromatic rings. The molecule has 4 heterocycles. The summed E-state index contributed by atoms with van der Waals surface area (Å²) >= 11 is 0. The first-order valence-electron chi connectivity index (χ1n) is 9.63. The van der Waals surface area contributed by atoms with Crippen molar-refractivity contribution in [2.75, 3.05) is 36.0 Å². The topological polar surface area (TPSA) is 99.1 Å². The SMILES string of the molecule is CCc1nnc(N2CCN(c3ccc4nnc(C)n4n3)CC2)c(C#N)c1CC. The molecule has 0 atom stereocenters. The van der Waals surface area contributed by atoms with Gasteiger partial charge in [0.1, 0.15) is 17.5 Å². The number of nitriles is 1. The van der Waals surface area contributed by atoms with Gasteiger partial charge in [-0.25, -0.2) is 0 Å². The highest BCUT2D eigenvalue weighted by Crippen LogP contribution is 2.25. The lowest BCUT2D eigenvalue weighted by molar-refractivity contribution is 0.629. The van der Waals surface area contributed by atoms with Gasteiger partial charge >= 0.3 is 0 Å². The van der Waals surface area contributed by atoms with E-state index in [-0.39, 0.29) is 0 Å². The molecule has 144 valence electrons. The fraction of sp³-hybridized carbons (Fsp3) is 0.474. The van der Waals surface area contributed by atoms with Crippen LogP contribution in [-0.4, -0.2) is 56.2 Å². The van der Waals surface area contributed by atoms with Crippen molar-refractivity contribution in [3.05, 3.63) is 34.8 Å². The van der Waals surface area contributed by atoms with Crippen molar-refractivity contribution in [1.29, 1.82) is 5.26 Å². The minimum absolute atomic E-state index is 0.669. The summed E-state index contributed by atoms with van der Waals surface area (Å²) in [6.45, 7) is 9.11. The van der Waals surface area contributed by atoms with E-state index in [2.05, 4.69) is 48.3 Å². The standard InChI is InChI=1S/C19H23N9/c1-4-14-15(12-20)19(24-22-16(14)5-2)27-10-8-26(9-11-27)18-7-6-17-23-21-13(3)28(17)25-18/h6-7H,4-5,8-11H2,1-3H3. The molecule has 0 radical (unpaired) electrons. The second-order valence-corrected chi connectivity index (χ2v) is 6.83. The molecule has 1 aliphatic heterocycles. The summed E-state index contributed by atoms with van der Waals surface area (Å²) in [5, 5.41) is 31.3. The highest BCUT2D eigenvalue weighted by Gasteiger charge is 2.24. The second kappa shape index (κ2) is 7.38. The third-order valence-electron chi connectivity index (χ3n) is 5.25. The zero-order valence-electron chi connectivity index (χ0n) is 16.4. The minimum atomic E-state index is 0.669. The molecule has 28 heavy (non-hydrogen) atoms. The van der Waals surface area contributed by atoms with Crippen molar-refractivity contribution in [3.63, 3.8) is 0 Å². The Labute approximate surface area is 163 Å². The molecule has 0 unspecified atom stereocenters. The van der Waals surface area contributed by atoms with Crippen LogP contribution in [0.5, 0.6) is 0 Å². The number of aromatic nitrogens is 6. The first kappa shape index (κ1) is 18.1. The lowest BCUT2D eigenvalue weighted by atomic mass is 10.0. The molecule has 3 aromatic heterocycles. The Morgan fingerprint density at radius 2 is 1.71 bits per heavy atom. The van der Waals surface area contributed by atoms with Crippen LogP contribution in [0, 0.1) is 18.3 Å². The Morgan fingerprint density at radius 1 is 0.964 bits per heavy atom. The van der Waals surface area contributed by atoms with Gasteiger partial charge in [-0.15, -0.1) is 20.4 Å². The van der Waals surface area contributed by atoms with Gasteiger partial charge in [-0.3, -0.25) is 0 Å². The van der Waals surface area contributed by atoms with E-state index < -0.39 is 0 Å². The molecule has 0 bridgehead atoms. The third kappa shape index (κ3) is 3.01. The number of fused-ring (bicyclic) bond motifs is 1. The summed E-state index contributed by atoms with van der Waals surface area (Å²) < 4.78 is 1.76. The molecular weight excluding hydrogens is 354 g/mol. The Morgan fingerprint density at radius 3 is 2.39 bits per heavy atom. The smallest absolute Gasteiger partial charge is 0.178 e. The van der Waals surface area contributed by atoms with Crippen molar-refractivity contribution in [2.24, 2.45) is 0 Å². The molecule has 1 aliphatic rings. The van der Waals surface area contributed by atoms with Crippen LogP contribution < -0.4 is 9.80 Å². The molecular formula is C19H23N9. The quantitative estimate of drug-likeness (QED) is 0.675. The van der Waals surface area contributed by atoms with Gasteiger partial charge in [0.2, 0.25) is 0 Å². The molecule has 1 fully saturated rings. The number of hydrogen-bond acceptors (Lipinski definition) is 8. The first-order chi connectivity index (χ1) is 13.7. The Kier molecular flexibility index (Phi) is 4.77. The number of piperazine rings is 1. The zero-order valence-corrected chi connectivity index (χ0v) is 16.4. The van der Waals surface area contributed by atoms with Crippen LogP contribution in [0.1, 0.15) is 36.5 Å². The molecule has 1 saturated heterocycles. The summed E-state index contributed by atoms with van der Waals surface area (Å²) in [6, 6.07) is 6.28. The van der Waals surface area contributed by atoms with E-state index in [0.717, 1.165) is 67.6 Å². The Balaban J connectivity index is 1.55. The second-order valence-electron chi connectivity index (χ2n) is 6.83. The normalized spacial score (nSPS) is 14.5. The molecule has 9 heteroatoms. The van der Waals surface area contributed by atoms with Crippen molar-refractivity contribution < 1.29 is 0 Å². The molecule has 0 aliphatic carbocycles. The van der Waals surface area contributed by atoms with Crippen LogP contribution in [0.15, 0.2) is 12.1 Å². The molecule has 0 amide bonds. The van der Waals surface area contributed by atoms with Crippen molar-refractivity contribution in [1.82, 2.24) is 30.0 Å². The van der Waals surface area contributed by atoms with Crippen LogP contribution in [0.4, 0.5) is 11.6 Å². The van der Waals surface area contributed by atoms with E-state index in [1.54, 1.807) is 4.52 Å². The van der Waals surface area contributed by atoms with E-state index in [4.69, 9.17) is 0 Å². The average Bonchev–Trinajstić information content (AvgIpc) is 3.12. The molecule has 4 rings (SSSR count). The van der Waals surface area contributed by atoms with Gasteiger partial charge in [-0.2, -0.15) is 14.9 Å². The number of nitrogens with zero attached hydrogens (tertiary/aromatic N) is 9. The molecule has 9 nitrogen and oxygen atoms in total. The largest absolute Gasteiger partial charge is 0.352 e. The summed E-state index contributed by atoms with van der Waals surface area (Å²) in [7, 11) is 0.